The van der Waals surface area contributed by atoms with Crippen LogP contribution in [0.1, 0.15) is 0 Å². The molecule has 0 aliphatic heterocycles. The summed E-state index contributed by atoms with van der Waals surface area (Å²) in [5.41, 5.74) is 3.09. The molecule has 0 spiro atoms. The molecule has 84 valence electrons. The van der Waals surface area contributed by atoms with E-state index in [9.17, 15) is 0 Å². The third-order valence-corrected chi connectivity index (χ3v) is 2.82. The quantitative estimate of drug-likeness (QED) is 0.723. The lowest BCUT2D eigenvalue weighted by Crippen LogP contribution is -1.90. The van der Waals surface area contributed by atoms with E-state index < -0.39 is 0 Å². The van der Waals surface area contributed by atoms with Crippen molar-refractivity contribution in [3.05, 3.63) is 48.9 Å². The average molecular weight is 224 g/mol. The van der Waals surface area contributed by atoms with Crippen LogP contribution in [-0.2, 0) is 0 Å². The van der Waals surface area contributed by atoms with Gasteiger partial charge in [0.25, 0.3) is 0 Å². The minimum atomic E-state index is 0.864. The third-order valence-electron chi connectivity index (χ3n) is 2.82. The van der Waals surface area contributed by atoms with Crippen LogP contribution >= 0.6 is 0 Å². The van der Waals surface area contributed by atoms with Crippen molar-refractivity contribution >= 4 is 16.6 Å². The van der Waals surface area contributed by atoms with Crippen molar-refractivity contribution in [3.8, 4) is 11.3 Å². The number of rotatable bonds is 2. The molecule has 3 rings (SSSR count). The Morgan fingerprint density at radius 1 is 1.18 bits per heavy atom. The molecule has 0 aliphatic carbocycles. The van der Waals surface area contributed by atoms with Crippen LogP contribution in [0.2, 0.25) is 0 Å². The Labute approximate surface area is 99.1 Å². The second-order valence-corrected chi connectivity index (χ2v) is 3.82. The maximum atomic E-state index is 5.38. The number of nitrogens with one attached hydrogen (secondary N) is 1. The van der Waals surface area contributed by atoms with E-state index in [0.29, 0.717) is 0 Å². The highest BCUT2D eigenvalue weighted by Crippen LogP contribution is 2.27. The number of anilines is 1. The molecule has 0 unspecified atom stereocenters. The Kier molecular flexibility index (Phi) is 2.29. The zero-order valence-electron chi connectivity index (χ0n) is 9.47. The fourth-order valence-corrected chi connectivity index (χ4v) is 1.96. The van der Waals surface area contributed by atoms with Gasteiger partial charge in [-0.2, -0.15) is 0 Å². The van der Waals surface area contributed by atoms with Crippen molar-refractivity contribution in [1.82, 2.24) is 4.98 Å². The molecule has 1 aromatic carbocycles. The van der Waals surface area contributed by atoms with E-state index in [4.69, 9.17) is 4.42 Å². The number of furan rings is 1. The van der Waals surface area contributed by atoms with Gasteiger partial charge in [-0.15, -0.1) is 0 Å². The Morgan fingerprint density at radius 3 is 2.88 bits per heavy atom. The predicted octanol–water partition coefficient (Wildman–Crippen LogP) is 3.54. The molecule has 0 atom stereocenters. The fourth-order valence-electron chi connectivity index (χ4n) is 1.96. The largest absolute Gasteiger partial charge is 0.464 e. The summed E-state index contributed by atoms with van der Waals surface area (Å²) in [6.45, 7) is 0. The van der Waals surface area contributed by atoms with Crippen LogP contribution in [0.5, 0.6) is 0 Å². The van der Waals surface area contributed by atoms with Crippen LogP contribution in [0.15, 0.2) is 53.3 Å². The highest BCUT2D eigenvalue weighted by Gasteiger charge is 2.04. The summed E-state index contributed by atoms with van der Waals surface area (Å²) < 4.78 is 5.38. The first-order valence-corrected chi connectivity index (χ1v) is 5.49. The van der Waals surface area contributed by atoms with E-state index in [2.05, 4.69) is 16.4 Å². The molecular formula is C14H12N2O. The Morgan fingerprint density at radius 2 is 2.12 bits per heavy atom. The Bertz CT molecular complexity index is 644. The maximum absolute atomic E-state index is 5.38. The van der Waals surface area contributed by atoms with Crippen molar-refractivity contribution in [2.75, 3.05) is 12.4 Å². The lowest BCUT2D eigenvalue weighted by molar-refractivity contribution is 0.582. The van der Waals surface area contributed by atoms with Gasteiger partial charge < -0.3 is 9.73 Å². The number of pyridine rings is 1. The van der Waals surface area contributed by atoms with E-state index in [-0.39, 0.29) is 0 Å². The SMILES string of the molecule is CNc1ccnc2cc(-c3ccco3)ccc12. The molecule has 3 heteroatoms. The molecule has 3 aromatic rings. The summed E-state index contributed by atoms with van der Waals surface area (Å²) >= 11 is 0. The summed E-state index contributed by atoms with van der Waals surface area (Å²) in [6.07, 6.45) is 3.48. The second-order valence-electron chi connectivity index (χ2n) is 3.82. The fraction of sp³-hybridized carbons (Fsp3) is 0.0714. The molecule has 0 aliphatic rings. The zero-order chi connectivity index (χ0) is 11.7. The number of benzene rings is 1. The van der Waals surface area contributed by atoms with Gasteiger partial charge >= 0.3 is 0 Å². The maximum Gasteiger partial charge on any atom is 0.133 e. The smallest absolute Gasteiger partial charge is 0.133 e. The highest BCUT2D eigenvalue weighted by molar-refractivity contribution is 5.93. The summed E-state index contributed by atoms with van der Waals surface area (Å²) in [4.78, 5) is 4.38. The third kappa shape index (κ3) is 1.65. The first-order valence-electron chi connectivity index (χ1n) is 5.49. The molecule has 0 saturated carbocycles. The van der Waals surface area contributed by atoms with Crippen molar-refractivity contribution in [2.45, 2.75) is 0 Å². The molecule has 0 radical (unpaired) electrons. The van der Waals surface area contributed by atoms with E-state index in [1.807, 2.05) is 37.4 Å². The van der Waals surface area contributed by atoms with Gasteiger partial charge in [-0.3, -0.25) is 4.98 Å². The summed E-state index contributed by atoms with van der Waals surface area (Å²) in [6, 6.07) is 11.9. The number of aromatic nitrogens is 1. The van der Waals surface area contributed by atoms with E-state index in [0.717, 1.165) is 27.9 Å². The van der Waals surface area contributed by atoms with Gasteiger partial charge in [0.15, 0.2) is 0 Å². The lowest BCUT2D eigenvalue weighted by atomic mass is 10.1. The Balaban J connectivity index is 2.21. The van der Waals surface area contributed by atoms with Gasteiger partial charge in [-0.05, 0) is 30.3 Å². The van der Waals surface area contributed by atoms with Crippen LogP contribution in [0, 0.1) is 0 Å². The zero-order valence-corrected chi connectivity index (χ0v) is 9.47. The van der Waals surface area contributed by atoms with E-state index in [1.54, 1.807) is 12.5 Å². The second kappa shape index (κ2) is 3.94. The first-order chi connectivity index (χ1) is 8.38. The topological polar surface area (TPSA) is 38.1 Å². The molecule has 3 nitrogen and oxygen atoms in total. The van der Waals surface area contributed by atoms with Gasteiger partial charge in [-0.25, -0.2) is 0 Å². The normalized spacial score (nSPS) is 10.6. The van der Waals surface area contributed by atoms with Gasteiger partial charge in [0.1, 0.15) is 5.76 Å². The summed E-state index contributed by atoms with van der Waals surface area (Å²) in [7, 11) is 1.91. The monoisotopic (exact) mass is 224 g/mol. The molecule has 2 aromatic heterocycles. The molecule has 0 fully saturated rings. The molecule has 1 N–H and O–H groups in total. The number of hydrogen-bond acceptors (Lipinski definition) is 3. The van der Waals surface area contributed by atoms with Crippen molar-refractivity contribution in [3.63, 3.8) is 0 Å². The van der Waals surface area contributed by atoms with Crippen LogP contribution in [-0.4, -0.2) is 12.0 Å². The van der Waals surface area contributed by atoms with Gasteiger partial charge in [0, 0.05) is 29.9 Å². The van der Waals surface area contributed by atoms with Gasteiger partial charge in [0.2, 0.25) is 0 Å². The summed E-state index contributed by atoms with van der Waals surface area (Å²) in [5, 5.41) is 4.28. The van der Waals surface area contributed by atoms with Crippen molar-refractivity contribution in [1.29, 1.82) is 0 Å². The standard InChI is InChI=1S/C14H12N2O/c1-15-12-6-7-16-13-9-10(4-5-11(12)13)14-3-2-8-17-14/h2-9H,1H3,(H,15,16). The average Bonchev–Trinajstić information content (AvgIpc) is 2.91. The van der Waals surface area contributed by atoms with Crippen LogP contribution < -0.4 is 5.32 Å². The van der Waals surface area contributed by atoms with Crippen LogP contribution in [0.25, 0.3) is 22.2 Å². The number of hydrogen-bond donors (Lipinski definition) is 1. The summed E-state index contributed by atoms with van der Waals surface area (Å²) in [5.74, 6) is 0.864. The van der Waals surface area contributed by atoms with Crippen molar-refractivity contribution < 1.29 is 4.42 Å². The van der Waals surface area contributed by atoms with Crippen LogP contribution in [0.4, 0.5) is 5.69 Å². The highest BCUT2D eigenvalue weighted by atomic mass is 16.3. The van der Waals surface area contributed by atoms with Crippen LogP contribution in [0.3, 0.4) is 0 Å². The number of fused-ring (bicyclic) bond motifs is 1. The van der Waals surface area contributed by atoms with Gasteiger partial charge in [0.05, 0.1) is 11.8 Å². The minimum absolute atomic E-state index is 0.864. The minimum Gasteiger partial charge on any atom is -0.464 e. The molecule has 0 amide bonds. The number of nitrogens with zero attached hydrogens (tertiary/aromatic N) is 1. The first kappa shape index (κ1) is 9.90. The van der Waals surface area contributed by atoms with E-state index >= 15 is 0 Å². The molecule has 0 saturated heterocycles. The van der Waals surface area contributed by atoms with Gasteiger partial charge in [-0.1, -0.05) is 6.07 Å². The predicted molar refractivity (Wildman–Crippen MR) is 69.0 cm³/mol. The Hall–Kier alpha value is -2.29. The van der Waals surface area contributed by atoms with Crippen molar-refractivity contribution in [2.24, 2.45) is 0 Å². The molecule has 0 bridgehead atoms. The van der Waals surface area contributed by atoms with E-state index in [1.165, 1.54) is 0 Å². The lowest BCUT2D eigenvalue weighted by Gasteiger charge is -2.06. The molecular weight excluding hydrogens is 212 g/mol. The molecule has 17 heavy (non-hydrogen) atoms. The molecule has 2 heterocycles.